The molecule has 0 spiro atoms. The molecule has 0 heterocycles. The van der Waals surface area contributed by atoms with Crippen molar-refractivity contribution in [2.75, 3.05) is 7.11 Å². The van der Waals surface area contributed by atoms with Crippen molar-refractivity contribution >= 4 is 0 Å². The Morgan fingerprint density at radius 3 is 2.44 bits per heavy atom. The molecule has 0 radical (unpaired) electrons. The third kappa shape index (κ3) is 3.07. The molecule has 100 valence electrons. The van der Waals surface area contributed by atoms with Crippen molar-refractivity contribution in [2.24, 2.45) is 5.41 Å². The van der Waals surface area contributed by atoms with E-state index in [9.17, 15) is 0 Å². The van der Waals surface area contributed by atoms with Gasteiger partial charge in [0, 0.05) is 0 Å². The molecule has 1 fully saturated rings. The van der Waals surface area contributed by atoms with Crippen molar-refractivity contribution in [3.05, 3.63) is 29.3 Å². The van der Waals surface area contributed by atoms with Crippen LogP contribution in [0.25, 0.3) is 0 Å². The lowest BCUT2D eigenvalue weighted by atomic mass is 9.71. The number of hydrogen-bond donors (Lipinski definition) is 0. The Morgan fingerprint density at radius 2 is 1.83 bits per heavy atom. The van der Waals surface area contributed by atoms with Crippen molar-refractivity contribution < 1.29 is 4.74 Å². The molecule has 1 saturated carbocycles. The largest absolute Gasteiger partial charge is 0.497 e. The summed E-state index contributed by atoms with van der Waals surface area (Å²) in [6.45, 7) is 4.71. The summed E-state index contributed by atoms with van der Waals surface area (Å²) in [4.78, 5) is 0. The molecular formula is C17H26O. The first-order valence-corrected chi connectivity index (χ1v) is 7.33. The fourth-order valence-electron chi connectivity index (χ4n) is 3.28. The summed E-state index contributed by atoms with van der Waals surface area (Å²) >= 11 is 0. The Labute approximate surface area is 112 Å². The van der Waals surface area contributed by atoms with E-state index in [1.165, 1.54) is 49.7 Å². The summed E-state index contributed by atoms with van der Waals surface area (Å²) < 4.78 is 5.38. The third-order valence-electron chi connectivity index (χ3n) is 4.47. The Bertz CT molecular complexity index is 389. The second-order valence-electron chi connectivity index (χ2n) is 6.04. The van der Waals surface area contributed by atoms with E-state index in [2.05, 4.69) is 32.0 Å². The van der Waals surface area contributed by atoms with Gasteiger partial charge in [0.05, 0.1) is 7.11 Å². The molecule has 1 aromatic rings. The maximum atomic E-state index is 5.38. The first-order valence-electron chi connectivity index (χ1n) is 7.33. The monoisotopic (exact) mass is 246 g/mol. The van der Waals surface area contributed by atoms with Crippen LogP contribution in [0, 0.1) is 5.41 Å². The summed E-state index contributed by atoms with van der Waals surface area (Å²) in [5.74, 6) is 1.00. The van der Waals surface area contributed by atoms with Crippen molar-refractivity contribution in [3.8, 4) is 5.75 Å². The second kappa shape index (κ2) is 5.77. The first-order chi connectivity index (χ1) is 8.67. The molecule has 0 saturated heterocycles. The quantitative estimate of drug-likeness (QED) is 0.743. The van der Waals surface area contributed by atoms with Crippen LogP contribution < -0.4 is 4.74 Å². The van der Waals surface area contributed by atoms with Gasteiger partial charge in [-0.15, -0.1) is 0 Å². The Balaban J connectivity index is 2.20. The minimum Gasteiger partial charge on any atom is -0.497 e. The van der Waals surface area contributed by atoms with E-state index in [1.54, 1.807) is 7.11 Å². The van der Waals surface area contributed by atoms with Gasteiger partial charge in [0.25, 0.3) is 0 Å². The van der Waals surface area contributed by atoms with Gasteiger partial charge in [-0.2, -0.15) is 0 Å². The Kier molecular flexibility index (Phi) is 4.31. The van der Waals surface area contributed by atoms with E-state index in [-0.39, 0.29) is 0 Å². The molecule has 0 N–H and O–H groups in total. The van der Waals surface area contributed by atoms with E-state index in [0.717, 1.165) is 12.2 Å². The maximum absolute atomic E-state index is 5.38. The number of aryl methyl sites for hydroxylation is 1. The third-order valence-corrected chi connectivity index (χ3v) is 4.47. The van der Waals surface area contributed by atoms with E-state index in [0.29, 0.717) is 5.41 Å². The molecule has 1 heteroatoms. The van der Waals surface area contributed by atoms with Crippen LogP contribution in [0.2, 0.25) is 0 Å². The average molecular weight is 246 g/mol. The van der Waals surface area contributed by atoms with Crippen LogP contribution >= 0.6 is 0 Å². The van der Waals surface area contributed by atoms with Gasteiger partial charge in [0.1, 0.15) is 5.75 Å². The van der Waals surface area contributed by atoms with Gasteiger partial charge in [-0.25, -0.2) is 0 Å². The molecule has 1 aliphatic carbocycles. The number of ether oxygens (including phenoxy) is 1. The average Bonchev–Trinajstić information content (AvgIpc) is 2.39. The topological polar surface area (TPSA) is 9.23 Å². The highest BCUT2D eigenvalue weighted by molar-refractivity contribution is 5.36. The highest BCUT2D eigenvalue weighted by Crippen LogP contribution is 2.39. The van der Waals surface area contributed by atoms with Crippen LogP contribution in [0.4, 0.5) is 0 Å². The minimum absolute atomic E-state index is 0.508. The number of hydrogen-bond acceptors (Lipinski definition) is 1. The van der Waals surface area contributed by atoms with Gasteiger partial charge in [0.2, 0.25) is 0 Å². The highest BCUT2D eigenvalue weighted by atomic mass is 16.5. The maximum Gasteiger partial charge on any atom is 0.119 e. The zero-order valence-electron chi connectivity index (χ0n) is 12.1. The minimum atomic E-state index is 0.508. The number of benzene rings is 1. The summed E-state index contributed by atoms with van der Waals surface area (Å²) in [6.07, 6.45) is 9.34. The van der Waals surface area contributed by atoms with E-state index >= 15 is 0 Å². The molecule has 0 aromatic heterocycles. The fraction of sp³-hybridized carbons (Fsp3) is 0.647. The molecule has 0 atom stereocenters. The Morgan fingerprint density at radius 1 is 1.11 bits per heavy atom. The molecule has 0 unspecified atom stereocenters. The normalized spacial score (nSPS) is 18.6. The van der Waals surface area contributed by atoms with E-state index in [4.69, 9.17) is 4.74 Å². The lowest BCUT2D eigenvalue weighted by Crippen LogP contribution is -2.23. The van der Waals surface area contributed by atoms with Crippen LogP contribution in [-0.4, -0.2) is 7.11 Å². The molecule has 18 heavy (non-hydrogen) atoms. The lowest BCUT2D eigenvalue weighted by Gasteiger charge is -2.34. The van der Waals surface area contributed by atoms with Crippen molar-refractivity contribution in [2.45, 2.75) is 58.8 Å². The predicted octanol–water partition coefficient (Wildman–Crippen LogP) is 4.77. The van der Waals surface area contributed by atoms with Gasteiger partial charge in [-0.1, -0.05) is 39.2 Å². The molecule has 1 aromatic carbocycles. The zero-order valence-corrected chi connectivity index (χ0v) is 12.1. The van der Waals surface area contributed by atoms with Crippen LogP contribution in [0.1, 0.15) is 57.1 Å². The Hall–Kier alpha value is -0.980. The van der Waals surface area contributed by atoms with Crippen molar-refractivity contribution in [1.82, 2.24) is 0 Å². The number of methoxy groups -OCH3 is 1. The van der Waals surface area contributed by atoms with Gasteiger partial charge in [0.15, 0.2) is 0 Å². The summed E-state index contributed by atoms with van der Waals surface area (Å²) in [5.41, 5.74) is 3.50. The van der Waals surface area contributed by atoms with E-state index in [1.807, 2.05) is 0 Å². The van der Waals surface area contributed by atoms with Crippen molar-refractivity contribution in [3.63, 3.8) is 0 Å². The molecule has 0 aliphatic heterocycles. The molecule has 0 amide bonds. The van der Waals surface area contributed by atoms with Gasteiger partial charge in [-0.05, 0) is 54.4 Å². The molecule has 1 nitrogen and oxygen atoms in total. The second-order valence-corrected chi connectivity index (χ2v) is 6.04. The first kappa shape index (κ1) is 13.5. The molecule has 1 aliphatic rings. The highest BCUT2D eigenvalue weighted by Gasteiger charge is 2.27. The zero-order chi connectivity index (χ0) is 13.0. The fourth-order valence-corrected chi connectivity index (χ4v) is 3.28. The van der Waals surface area contributed by atoms with Crippen LogP contribution in [0.3, 0.4) is 0 Å². The van der Waals surface area contributed by atoms with Crippen LogP contribution in [0.15, 0.2) is 18.2 Å². The number of rotatable bonds is 4. The SMILES string of the molecule is CCc1ccc(OC)cc1CC1(C)CCCCC1. The van der Waals surface area contributed by atoms with Crippen LogP contribution in [-0.2, 0) is 12.8 Å². The summed E-state index contributed by atoms with van der Waals surface area (Å²) in [6, 6.07) is 6.57. The van der Waals surface area contributed by atoms with Gasteiger partial charge < -0.3 is 4.74 Å². The standard InChI is InChI=1S/C17H26O/c1-4-14-8-9-16(18-3)12-15(14)13-17(2)10-6-5-7-11-17/h8-9,12H,4-7,10-11,13H2,1-3H3. The van der Waals surface area contributed by atoms with E-state index < -0.39 is 0 Å². The molecule has 2 rings (SSSR count). The van der Waals surface area contributed by atoms with Crippen LogP contribution in [0.5, 0.6) is 5.75 Å². The smallest absolute Gasteiger partial charge is 0.119 e. The van der Waals surface area contributed by atoms with Gasteiger partial charge in [-0.3, -0.25) is 0 Å². The molecular weight excluding hydrogens is 220 g/mol. The molecule has 0 bridgehead atoms. The lowest BCUT2D eigenvalue weighted by molar-refractivity contribution is 0.214. The predicted molar refractivity (Wildman–Crippen MR) is 77.3 cm³/mol. The summed E-state index contributed by atoms with van der Waals surface area (Å²) in [5, 5.41) is 0. The summed E-state index contributed by atoms with van der Waals surface area (Å²) in [7, 11) is 1.76. The van der Waals surface area contributed by atoms with Crippen molar-refractivity contribution in [1.29, 1.82) is 0 Å². The van der Waals surface area contributed by atoms with Gasteiger partial charge >= 0.3 is 0 Å².